The number of hydrogen-bond donors (Lipinski definition) is 1. The molecule has 0 spiro atoms. The van der Waals surface area contributed by atoms with Crippen LogP contribution in [0.4, 0.5) is 0 Å². The number of rotatable bonds is 3. The Balaban J connectivity index is 1.66. The van der Waals surface area contributed by atoms with Crippen molar-refractivity contribution in [1.82, 2.24) is 4.90 Å². The fourth-order valence-corrected chi connectivity index (χ4v) is 3.23. The smallest absolute Gasteiger partial charge is 0.115 e. The van der Waals surface area contributed by atoms with Crippen molar-refractivity contribution in [1.29, 1.82) is 0 Å². The summed E-state index contributed by atoms with van der Waals surface area (Å²) in [4.78, 5) is 2.57. The molecule has 2 nitrogen and oxygen atoms in total. The summed E-state index contributed by atoms with van der Waals surface area (Å²) >= 11 is 0. The number of hydrogen-bond acceptors (Lipinski definition) is 2. The fraction of sp³-hybridized carbons (Fsp3) is 0.368. The van der Waals surface area contributed by atoms with Gasteiger partial charge in [0.25, 0.3) is 0 Å². The maximum Gasteiger partial charge on any atom is 0.115 e. The zero-order chi connectivity index (χ0) is 14.7. The highest BCUT2D eigenvalue weighted by Gasteiger charge is 2.20. The number of nitrogens with zero attached hydrogens (tertiary/aromatic N) is 1. The normalized spacial score (nSPS) is 19.0. The summed E-state index contributed by atoms with van der Waals surface area (Å²) in [5, 5.41) is 9.67. The molecule has 2 aromatic carbocycles. The zero-order valence-electron chi connectivity index (χ0n) is 12.6. The molecule has 2 aromatic rings. The number of phenolic OH excluding ortho intramolecular Hbond substituents is 1. The van der Waals surface area contributed by atoms with Crippen LogP contribution in [-0.2, 0) is 19.3 Å². The molecule has 0 radical (unpaired) electrons. The molecule has 0 saturated carbocycles. The molecule has 1 atom stereocenters. The van der Waals surface area contributed by atoms with Crippen LogP contribution in [0.25, 0.3) is 0 Å². The lowest BCUT2D eigenvalue weighted by Gasteiger charge is -2.26. The molecule has 3 rings (SSSR count). The van der Waals surface area contributed by atoms with E-state index in [1.165, 1.54) is 16.7 Å². The van der Waals surface area contributed by atoms with Gasteiger partial charge in [0.1, 0.15) is 5.75 Å². The molecular formula is C19H23NO. The predicted molar refractivity (Wildman–Crippen MR) is 86.7 cm³/mol. The average Bonchev–Trinajstić information content (AvgIpc) is 2.64. The molecule has 0 fully saturated rings. The second kappa shape index (κ2) is 6.31. The number of aromatic hydroxyl groups is 1. The SMILES string of the molecule is CC1Cc2cc(O)ccc2CCN1CCc1ccccc1. The van der Waals surface area contributed by atoms with Crippen molar-refractivity contribution in [2.24, 2.45) is 0 Å². The highest BCUT2D eigenvalue weighted by Crippen LogP contribution is 2.23. The highest BCUT2D eigenvalue weighted by atomic mass is 16.3. The van der Waals surface area contributed by atoms with Crippen molar-refractivity contribution in [2.75, 3.05) is 13.1 Å². The van der Waals surface area contributed by atoms with E-state index in [0.29, 0.717) is 11.8 Å². The lowest BCUT2D eigenvalue weighted by atomic mass is 10.0. The van der Waals surface area contributed by atoms with E-state index in [-0.39, 0.29) is 0 Å². The van der Waals surface area contributed by atoms with Crippen LogP contribution in [0.15, 0.2) is 48.5 Å². The van der Waals surface area contributed by atoms with Crippen LogP contribution in [0.3, 0.4) is 0 Å². The second-order valence-electron chi connectivity index (χ2n) is 6.03. The summed E-state index contributed by atoms with van der Waals surface area (Å²) in [6.45, 7) is 4.50. The van der Waals surface area contributed by atoms with Gasteiger partial charge in [-0.1, -0.05) is 36.4 Å². The Labute approximate surface area is 127 Å². The van der Waals surface area contributed by atoms with Gasteiger partial charge in [0.2, 0.25) is 0 Å². The van der Waals surface area contributed by atoms with Crippen LogP contribution in [0.2, 0.25) is 0 Å². The van der Waals surface area contributed by atoms with E-state index in [0.717, 1.165) is 32.4 Å². The number of phenols is 1. The highest BCUT2D eigenvalue weighted by molar-refractivity contribution is 5.36. The summed E-state index contributed by atoms with van der Waals surface area (Å²) in [6, 6.07) is 17.1. The molecule has 110 valence electrons. The van der Waals surface area contributed by atoms with Gasteiger partial charge < -0.3 is 5.11 Å². The topological polar surface area (TPSA) is 23.5 Å². The van der Waals surface area contributed by atoms with Crippen molar-refractivity contribution in [3.63, 3.8) is 0 Å². The molecule has 1 N–H and O–H groups in total. The number of benzene rings is 2. The molecular weight excluding hydrogens is 258 g/mol. The maximum atomic E-state index is 9.67. The number of fused-ring (bicyclic) bond motifs is 1. The molecule has 0 bridgehead atoms. The summed E-state index contributed by atoms with van der Waals surface area (Å²) in [7, 11) is 0. The third kappa shape index (κ3) is 3.45. The fourth-order valence-electron chi connectivity index (χ4n) is 3.23. The van der Waals surface area contributed by atoms with E-state index in [1.54, 1.807) is 0 Å². The Bertz CT molecular complexity index is 594. The Morgan fingerprint density at radius 1 is 1.10 bits per heavy atom. The van der Waals surface area contributed by atoms with Gasteiger partial charge in [0.15, 0.2) is 0 Å². The van der Waals surface area contributed by atoms with Gasteiger partial charge in [0.05, 0.1) is 0 Å². The molecule has 0 aromatic heterocycles. The largest absolute Gasteiger partial charge is 0.508 e. The van der Waals surface area contributed by atoms with Gasteiger partial charge in [0, 0.05) is 19.1 Å². The molecule has 1 unspecified atom stereocenters. The Morgan fingerprint density at radius 3 is 2.71 bits per heavy atom. The zero-order valence-corrected chi connectivity index (χ0v) is 12.6. The quantitative estimate of drug-likeness (QED) is 0.932. The van der Waals surface area contributed by atoms with E-state index < -0.39 is 0 Å². The first-order valence-electron chi connectivity index (χ1n) is 7.81. The Hall–Kier alpha value is -1.80. The lowest BCUT2D eigenvalue weighted by molar-refractivity contribution is 0.219. The summed E-state index contributed by atoms with van der Waals surface area (Å²) in [6.07, 6.45) is 3.21. The van der Waals surface area contributed by atoms with Gasteiger partial charge in [-0.05, 0) is 55.0 Å². The molecule has 0 amide bonds. The van der Waals surface area contributed by atoms with Crippen LogP contribution in [0.1, 0.15) is 23.6 Å². The van der Waals surface area contributed by atoms with Crippen molar-refractivity contribution in [3.05, 3.63) is 65.2 Å². The summed E-state index contributed by atoms with van der Waals surface area (Å²) in [5.41, 5.74) is 4.11. The molecule has 1 aliphatic rings. The van der Waals surface area contributed by atoms with E-state index in [1.807, 2.05) is 12.1 Å². The Kier molecular flexibility index (Phi) is 4.26. The first kappa shape index (κ1) is 14.2. The first-order chi connectivity index (χ1) is 10.2. The summed E-state index contributed by atoms with van der Waals surface area (Å²) in [5.74, 6) is 0.388. The molecule has 0 aliphatic carbocycles. The van der Waals surface area contributed by atoms with Crippen LogP contribution in [0.5, 0.6) is 5.75 Å². The van der Waals surface area contributed by atoms with Crippen molar-refractivity contribution < 1.29 is 5.11 Å². The van der Waals surface area contributed by atoms with Gasteiger partial charge in [-0.25, -0.2) is 0 Å². The van der Waals surface area contributed by atoms with Crippen LogP contribution < -0.4 is 0 Å². The van der Waals surface area contributed by atoms with Crippen LogP contribution in [0, 0.1) is 0 Å². The van der Waals surface area contributed by atoms with Gasteiger partial charge in [-0.2, -0.15) is 0 Å². The van der Waals surface area contributed by atoms with Gasteiger partial charge in [-0.15, -0.1) is 0 Å². The third-order valence-electron chi connectivity index (χ3n) is 4.53. The van der Waals surface area contributed by atoms with Crippen molar-refractivity contribution >= 4 is 0 Å². The minimum absolute atomic E-state index is 0.388. The molecule has 0 saturated heterocycles. The van der Waals surface area contributed by atoms with Crippen molar-refractivity contribution in [2.45, 2.75) is 32.2 Å². The van der Waals surface area contributed by atoms with E-state index in [4.69, 9.17) is 0 Å². The lowest BCUT2D eigenvalue weighted by Crippen LogP contribution is -2.36. The van der Waals surface area contributed by atoms with E-state index >= 15 is 0 Å². The molecule has 2 heteroatoms. The first-order valence-corrected chi connectivity index (χ1v) is 7.81. The van der Waals surface area contributed by atoms with Gasteiger partial charge >= 0.3 is 0 Å². The minimum Gasteiger partial charge on any atom is -0.508 e. The molecule has 21 heavy (non-hydrogen) atoms. The standard InChI is InChI=1S/C19H23NO/c1-15-13-18-14-19(21)8-7-17(18)10-12-20(15)11-9-16-5-3-2-4-6-16/h2-8,14-15,21H,9-13H2,1H3. The Morgan fingerprint density at radius 2 is 1.90 bits per heavy atom. The molecule has 1 heterocycles. The maximum absolute atomic E-state index is 9.67. The molecule has 1 aliphatic heterocycles. The average molecular weight is 281 g/mol. The van der Waals surface area contributed by atoms with Crippen LogP contribution in [-0.4, -0.2) is 29.1 Å². The van der Waals surface area contributed by atoms with Gasteiger partial charge in [-0.3, -0.25) is 4.90 Å². The van der Waals surface area contributed by atoms with E-state index in [9.17, 15) is 5.11 Å². The van der Waals surface area contributed by atoms with E-state index in [2.05, 4.69) is 48.2 Å². The minimum atomic E-state index is 0.388. The summed E-state index contributed by atoms with van der Waals surface area (Å²) < 4.78 is 0. The predicted octanol–water partition coefficient (Wildman–Crippen LogP) is 3.42. The van der Waals surface area contributed by atoms with Crippen molar-refractivity contribution in [3.8, 4) is 5.75 Å². The monoisotopic (exact) mass is 281 g/mol. The van der Waals surface area contributed by atoms with Crippen LogP contribution >= 0.6 is 0 Å². The third-order valence-corrected chi connectivity index (χ3v) is 4.53. The second-order valence-corrected chi connectivity index (χ2v) is 6.03.